The fraction of sp³-hybridized carbons (Fsp3) is 0.833. The van der Waals surface area contributed by atoms with E-state index in [-0.39, 0.29) is 0 Å². The Morgan fingerprint density at radius 2 is 2.08 bits per heavy atom. The molecule has 0 bridgehead atoms. The molecule has 0 aliphatic rings. The van der Waals surface area contributed by atoms with Gasteiger partial charge in [-0.05, 0) is 31.3 Å². The minimum atomic E-state index is 0.872. The Bertz CT molecular complexity index is 103. The van der Waals surface area contributed by atoms with Gasteiger partial charge in [0.25, 0.3) is 0 Å². The molecule has 0 aromatic heterocycles. The molecule has 0 fully saturated rings. The first-order valence-electron chi connectivity index (χ1n) is 5.36. The molecule has 1 atom stereocenters. The van der Waals surface area contributed by atoms with Crippen molar-refractivity contribution in [3.63, 3.8) is 0 Å². The highest BCUT2D eigenvalue weighted by atomic mass is 14.0. The van der Waals surface area contributed by atoms with Crippen molar-refractivity contribution in [1.29, 1.82) is 0 Å². The highest BCUT2D eigenvalue weighted by Gasteiger charge is 1.94. The van der Waals surface area contributed by atoms with E-state index in [1.165, 1.54) is 32.1 Å². The van der Waals surface area contributed by atoms with Gasteiger partial charge in [0.15, 0.2) is 0 Å². The van der Waals surface area contributed by atoms with Crippen LogP contribution in [0.2, 0.25) is 0 Å². The zero-order valence-electron chi connectivity index (χ0n) is 8.90. The van der Waals surface area contributed by atoms with Crippen molar-refractivity contribution in [3.05, 3.63) is 12.2 Å². The molecule has 0 amide bonds. The van der Waals surface area contributed by atoms with Crippen molar-refractivity contribution in [1.82, 2.24) is 0 Å². The van der Waals surface area contributed by atoms with Crippen LogP contribution in [0.25, 0.3) is 0 Å². The molecule has 12 heavy (non-hydrogen) atoms. The molecule has 1 unspecified atom stereocenters. The van der Waals surface area contributed by atoms with E-state index in [0.29, 0.717) is 0 Å². The van der Waals surface area contributed by atoms with Gasteiger partial charge in [0.2, 0.25) is 0 Å². The lowest BCUT2D eigenvalue weighted by molar-refractivity contribution is 0.518. The summed E-state index contributed by atoms with van der Waals surface area (Å²) in [4.78, 5) is 0. The third-order valence-corrected chi connectivity index (χ3v) is 2.32. The van der Waals surface area contributed by atoms with Crippen molar-refractivity contribution in [2.24, 2.45) is 5.92 Å². The maximum Gasteiger partial charge on any atom is -0.0277 e. The molecular formula is C12H23. The molecule has 0 spiro atoms. The number of hydrogen-bond acceptors (Lipinski definition) is 0. The van der Waals surface area contributed by atoms with Gasteiger partial charge in [-0.15, -0.1) is 0 Å². The van der Waals surface area contributed by atoms with Gasteiger partial charge < -0.3 is 0 Å². The minimum Gasteiger partial charge on any atom is -0.0811 e. The quantitative estimate of drug-likeness (QED) is 0.494. The molecule has 0 rings (SSSR count). The molecule has 0 aliphatic heterocycles. The number of unbranched alkanes of at least 4 members (excludes halogenated alkanes) is 2. The summed E-state index contributed by atoms with van der Waals surface area (Å²) in [7, 11) is 0. The maximum atomic E-state index is 3.36. The normalized spacial score (nSPS) is 13.9. The van der Waals surface area contributed by atoms with Crippen molar-refractivity contribution >= 4 is 0 Å². The lowest BCUT2D eigenvalue weighted by atomic mass is 10.0. The second-order valence-electron chi connectivity index (χ2n) is 3.60. The van der Waals surface area contributed by atoms with Crippen LogP contribution in [-0.4, -0.2) is 0 Å². The van der Waals surface area contributed by atoms with Crippen molar-refractivity contribution in [2.45, 2.75) is 59.3 Å². The van der Waals surface area contributed by atoms with Crippen LogP contribution in [0, 0.1) is 12.0 Å². The zero-order valence-corrected chi connectivity index (χ0v) is 8.90. The SMILES string of the molecule is CCCC/C=[C]/CCC(C)CC. The minimum absolute atomic E-state index is 0.872. The predicted octanol–water partition coefficient (Wildman–Crippen LogP) is 4.36. The fourth-order valence-electron chi connectivity index (χ4n) is 1.04. The molecule has 0 N–H and O–H groups in total. The molecule has 0 aliphatic carbocycles. The summed E-state index contributed by atoms with van der Waals surface area (Å²) < 4.78 is 0. The van der Waals surface area contributed by atoms with Gasteiger partial charge in [0, 0.05) is 0 Å². The Morgan fingerprint density at radius 3 is 2.67 bits per heavy atom. The highest BCUT2D eigenvalue weighted by Crippen LogP contribution is 2.09. The van der Waals surface area contributed by atoms with Crippen LogP contribution in [0.1, 0.15) is 59.3 Å². The van der Waals surface area contributed by atoms with Crippen LogP contribution in [0.4, 0.5) is 0 Å². The largest absolute Gasteiger partial charge is 0.0811 e. The zero-order chi connectivity index (χ0) is 9.23. The average molecular weight is 167 g/mol. The second kappa shape index (κ2) is 8.83. The predicted molar refractivity (Wildman–Crippen MR) is 56.0 cm³/mol. The molecule has 71 valence electrons. The Hall–Kier alpha value is -0.260. The molecule has 0 saturated carbocycles. The Labute approximate surface area is 78.1 Å². The molecule has 0 nitrogen and oxygen atoms in total. The first-order valence-corrected chi connectivity index (χ1v) is 5.36. The highest BCUT2D eigenvalue weighted by molar-refractivity contribution is 4.73. The summed E-state index contributed by atoms with van der Waals surface area (Å²) in [6.07, 6.45) is 13.2. The van der Waals surface area contributed by atoms with Gasteiger partial charge in [0.05, 0.1) is 0 Å². The van der Waals surface area contributed by atoms with E-state index in [1.54, 1.807) is 0 Å². The Kier molecular flexibility index (Phi) is 8.64. The van der Waals surface area contributed by atoms with Gasteiger partial charge in [-0.3, -0.25) is 0 Å². The number of rotatable bonds is 7. The third kappa shape index (κ3) is 7.84. The van der Waals surface area contributed by atoms with Crippen LogP contribution in [0.5, 0.6) is 0 Å². The monoisotopic (exact) mass is 167 g/mol. The van der Waals surface area contributed by atoms with E-state index in [2.05, 4.69) is 32.9 Å². The van der Waals surface area contributed by atoms with E-state index in [4.69, 9.17) is 0 Å². The van der Waals surface area contributed by atoms with Crippen LogP contribution in [0.15, 0.2) is 6.08 Å². The summed E-state index contributed by atoms with van der Waals surface area (Å²) in [5.74, 6) is 0.872. The molecule has 0 heteroatoms. The molecule has 0 saturated heterocycles. The van der Waals surface area contributed by atoms with E-state index in [9.17, 15) is 0 Å². The average Bonchev–Trinajstić information content (AvgIpc) is 2.10. The Morgan fingerprint density at radius 1 is 1.33 bits per heavy atom. The number of allylic oxidation sites excluding steroid dienone is 2. The van der Waals surface area contributed by atoms with E-state index in [1.807, 2.05) is 0 Å². The lowest BCUT2D eigenvalue weighted by Gasteiger charge is -2.03. The van der Waals surface area contributed by atoms with Gasteiger partial charge in [-0.1, -0.05) is 46.1 Å². The summed E-state index contributed by atoms with van der Waals surface area (Å²) in [5, 5.41) is 0. The summed E-state index contributed by atoms with van der Waals surface area (Å²) >= 11 is 0. The fourth-order valence-corrected chi connectivity index (χ4v) is 1.04. The lowest BCUT2D eigenvalue weighted by Crippen LogP contribution is -1.89. The maximum absolute atomic E-state index is 3.36. The van der Waals surface area contributed by atoms with Crippen LogP contribution in [-0.2, 0) is 0 Å². The van der Waals surface area contributed by atoms with Gasteiger partial charge in [-0.25, -0.2) is 0 Å². The summed E-state index contributed by atoms with van der Waals surface area (Å²) in [6, 6.07) is 0. The van der Waals surface area contributed by atoms with Crippen molar-refractivity contribution in [3.8, 4) is 0 Å². The van der Waals surface area contributed by atoms with Gasteiger partial charge in [-0.2, -0.15) is 0 Å². The van der Waals surface area contributed by atoms with Crippen molar-refractivity contribution in [2.75, 3.05) is 0 Å². The molecule has 0 heterocycles. The molecule has 1 radical (unpaired) electrons. The first-order chi connectivity index (χ1) is 5.81. The smallest absolute Gasteiger partial charge is 0.0277 e. The van der Waals surface area contributed by atoms with E-state index in [0.717, 1.165) is 12.3 Å². The standard InChI is InChI=1S/C12H23/c1-4-6-7-8-9-10-11-12(3)5-2/h8,12H,4-7,10-11H2,1-3H3. The van der Waals surface area contributed by atoms with E-state index >= 15 is 0 Å². The second-order valence-corrected chi connectivity index (χ2v) is 3.60. The molecular weight excluding hydrogens is 144 g/mol. The van der Waals surface area contributed by atoms with Crippen LogP contribution < -0.4 is 0 Å². The van der Waals surface area contributed by atoms with Gasteiger partial charge in [0.1, 0.15) is 0 Å². The van der Waals surface area contributed by atoms with Crippen LogP contribution >= 0.6 is 0 Å². The van der Waals surface area contributed by atoms with E-state index < -0.39 is 0 Å². The van der Waals surface area contributed by atoms with Crippen molar-refractivity contribution < 1.29 is 0 Å². The molecule has 0 aromatic rings. The van der Waals surface area contributed by atoms with Gasteiger partial charge >= 0.3 is 0 Å². The summed E-state index contributed by atoms with van der Waals surface area (Å²) in [5.41, 5.74) is 0. The topological polar surface area (TPSA) is 0 Å². The Balaban J connectivity index is 3.12. The molecule has 0 aromatic carbocycles. The third-order valence-electron chi connectivity index (χ3n) is 2.32. The first kappa shape index (κ1) is 11.7. The summed E-state index contributed by atoms with van der Waals surface area (Å²) in [6.45, 7) is 6.80. The van der Waals surface area contributed by atoms with Crippen LogP contribution in [0.3, 0.4) is 0 Å². The number of hydrogen-bond donors (Lipinski definition) is 0.